The lowest BCUT2D eigenvalue weighted by atomic mass is 9.88. The van der Waals surface area contributed by atoms with Crippen LogP contribution < -0.4 is 0 Å². The predicted molar refractivity (Wildman–Crippen MR) is 119 cm³/mol. The van der Waals surface area contributed by atoms with E-state index in [1.165, 1.54) is 0 Å². The molecule has 4 heteroatoms. The van der Waals surface area contributed by atoms with Gasteiger partial charge in [0.2, 0.25) is 0 Å². The Morgan fingerprint density at radius 3 is 2.20 bits per heavy atom. The van der Waals surface area contributed by atoms with Crippen molar-refractivity contribution in [2.24, 2.45) is 0 Å². The zero-order chi connectivity index (χ0) is 21.6. The molecule has 1 amide bonds. The number of hydrogen-bond acceptors (Lipinski definition) is 3. The number of ether oxygens (including phenoxy) is 1. The van der Waals surface area contributed by atoms with E-state index in [0.717, 1.165) is 11.1 Å². The number of hydrogen-bond donors (Lipinski definition) is 0. The summed E-state index contributed by atoms with van der Waals surface area (Å²) < 4.78 is 11.6. The van der Waals surface area contributed by atoms with Crippen LogP contribution in [0.1, 0.15) is 49.6 Å². The highest BCUT2D eigenvalue weighted by molar-refractivity contribution is 5.69. The van der Waals surface area contributed by atoms with Gasteiger partial charge in [-0.05, 0) is 44.0 Å². The summed E-state index contributed by atoms with van der Waals surface area (Å²) in [7, 11) is 0. The molecule has 4 nitrogen and oxygen atoms in total. The van der Waals surface area contributed by atoms with Gasteiger partial charge < -0.3 is 9.15 Å². The second kappa shape index (κ2) is 9.49. The van der Waals surface area contributed by atoms with Crippen molar-refractivity contribution in [1.82, 2.24) is 4.90 Å². The fourth-order valence-electron chi connectivity index (χ4n) is 3.48. The van der Waals surface area contributed by atoms with E-state index in [1.807, 2.05) is 99.6 Å². The standard InChI is InChI=1S/C26H29NO3/c1-5-22(21-15-10-7-11-16-21)24(23-17-12-18-29-23)27(25(28)30-26(2,3)4)19-20-13-8-6-9-14-20/h5-18,22,24H,1,19H2,2-4H3/t22-,24-/m1/s1. The molecule has 1 heterocycles. The number of nitrogens with zero attached hydrogens (tertiary/aromatic N) is 1. The normalized spacial score (nSPS) is 13.3. The predicted octanol–water partition coefficient (Wildman–Crippen LogP) is 6.73. The third kappa shape index (κ3) is 5.41. The molecule has 0 bridgehead atoms. The lowest BCUT2D eigenvalue weighted by Crippen LogP contribution is -2.40. The van der Waals surface area contributed by atoms with Crippen LogP contribution in [-0.2, 0) is 11.3 Å². The summed E-state index contributed by atoms with van der Waals surface area (Å²) in [6.07, 6.45) is 3.10. The first kappa shape index (κ1) is 21.4. The Hall–Kier alpha value is -3.27. The molecule has 0 fully saturated rings. The Balaban J connectivity index is 2.08. The minimum atomic E-state index is -0.615. The van der Waals surface area contributed by atoms with Gasteiger partial charge in [-0.1, -0.05) is 66.7 Å². The van der Waals surface area contributed by atoms with Gasteiger partial charge in [0.15, 0.2) is 0 Å². The number of amides is 1. The number of carbonyl (C=O) groups excluding carboxylic acids is 1. The fourth-order valence-corrected chi connectivity index (χ4v) is 3.48. The Kier molecular flexibility index (Phi) is 6.78. The van der Waals surface area contributed by atoms with Gasteiger partial charge in [-0.2, -0.15) is 0 Å². The van der Waals surface area contributed by atoms with Gasteiger partial charge in [-0.25, -0.2) is 4.79 Å². The second-order valence-electron chi connectivity index (χ2n) is 8.23. The summed E-state index contributed by atoms with van der Waals surface area (Å²) in [5.41, 5.74) is 1.45. The van der Waals surface area contributed by atoms with Gasteiger partial charge in [0.1, 0.15) is 17.4 Å². The number of furan rings is 1. The van der Waals surface area contributed by atoms with E-state index in [1.54, 1.807) is 11.2 Å². The van der Waals surface area contributed by atoms with Crippen molar-refractivity contribution in [2.75, 3.05) is 0 Å². The first-order valence-corrected chi connectivity index (χ1v) is 10.1. The molecule has 3 rings (SSSR count). The lowest BCUT2D eigenvalue weighted by molar-refractivity contribution is 0.00955. The van der Waals surface area contributed by atoms with Crippen molar-refractivity contribution in [3.8, 4) is 0 Å². The molecule has 0 spiro atoms. The maximum absolute atomic E-state index is 13.4. The average molecular weight is 404 g/mol. The smallest absolute Gasteiger partial charge is 0.411 e. The number of rotatable bonds is 7. The minimum absolute atomic E-state index is 0.173. The van der Waals surface area contributed by atoms with E-state index in [2.05, 4.69) is 6.58 Å². The van der Waals surface area contributed by atoms with Crippen LogP contribution in [-0.4, -0.2) is 16.6 Å². The lowest BCUT2D eigenvalue weighted by Gasteiger charge is -2.36. The van der Waals surface area contributed by atoms with Crippen LogP contribution in [0, 0.1) is 0 Å². The molecule has 0 radical (unpaired) electrons. The Labute approximate surface area is 178 Å². The average Bonchev–Trinajstić information content (AvgIpc) is 3.25. The molecule has 2 aromatic carbocycles. The van der Waals surface area contributed by atoms with Gasteiger partial charge >= 0.3 is 6.09 Å². The van der Waals surface area contributed by atoms with Crippen LogP contribution in [0.15, 0.2) is 96.1 Å². The Morgan fingerprint density at radius 1 is 1.03 bits per heavy atom. The third-order valence-electron chi connectivity index (χ3n) is 4.77. The van der Waals surface area contributed by atoms with Crippen molar-refractivity contribution >= 4 is 6.09 Å². The molecule has 2 atom stereocenters. The zero-order valence-corrected chi connectivity index (χ0v) is 17.8. The maximum Gasteiger partial charge on any atom is 0.411 e. The minimum Gasteiger partial charge on any atom is -0.467 e. The third-order valence-corrected chi connectivity index (χ3v) is 4.77. The van der Waals surface area contributed by atoms with Gasteiger partial charge in [0.05, 0.1) is 6.26 Å². The number of benzene rings is 2. The molecule has 0 aliphatic heterocycles. The SMILES string of the molecule is C=C[C@H](c1ccccc1)[C@H](c1ccco1)N(Cc1ccccc1)C(=O)OC(C)(C)C. The largest absolute Gasteiger partial charge is 0.467 e. The second-order valence-corrected chi connectivity index (χ2v) is 8.23. The molecule has 0 N–H and O–H groups in total. The molecule has 0 unspecified atom stereocenters. The topological polar surface area (TPSA) is 42.7 Å². The molecule has 3 aromatic rings. The van der Waals surface area contributed by atoms with Crippen LogP contribution in [0.25, 0.3) is 0 Å². The van der Waals surface area contributed by atoms with E-state index in [9.17, 15) is 4.79 Å². The molecule has 0 saturated heterocycles. The molecular formula is C26H29NO3. The van der Waals surface area contributed by atoms with E-state index in [0.29, 0.717) is 12.3 Å². The molecule has 0 saturated carbocycles. The number of carbonyl (C=O) groups is 1. The van der Waals surface area contributed by atoms with Crippen LogP contribution in [0.4, 0.5) is 4.79 Å². The molecule has 156 valence electrons. The van der Waals surface area contributed by atoms with Crippen molar-refractivity contribution < 1.29 is 13.9 Å². The van der Waals surface area contributed by atoms with Crippen LogP contribution >= 0.6 is 0 Å². The van der Waals surface area contributed by atoms with Crippen molar-refractivity contribution in [3.63, 3.8) is 0 Å². The monoisotopic (exact) mass is 403 g/mol. The molecule has 30 heavy (non-hydrogen) atoms. The van der Waals surface area contributed by atoms with Gasteiger partial charge in [0, 0.05) is 12.5 Å². The van der Waals surface area contributed by atoms with E-state index in [4.69, 9.17) is 9.15 Å². The highest BCUT2D eigenvalue weighted by Crippen LogP contribution is 2.38. The fraction of sp³-hybridized carbons (Fsp3) is 0.269. The van der Waals surface area contributed by atoms with Crippen molar-refractivity contribution in [1.29, 1.82) is 0 Å². The highest BCUT2D eigenvalue weighted by Gasteiger charge is 2.36. The quantitative estimate of drug-likeness (QED) is 0.411. The molecular weight excluding hydrogens is 374 g/mol. The Bertz CT molecular complexity index is 927. The Morgan fingerprint density at radius 2 is 1.67 bits per heavy atom. The summed E-state index contributed by atoms with van der Waals surface area (Å²) in [5.74, 6) is 0.513. The van der Waals surface area contributed by atoms with Gasteiger partial charge in [-0.15, -0.1) is 6.58 Å². The van der Waals surface area contributed by atoms with Crippen molar-refractivity contribution in [2.45, 2.75) is 44.9 Å². The first-order valence-electron chi connectivity index (χ1n) is 10.1. The van der Waals surface area contributed by atoms with Gasteiger partial charge in [-0.3, -0.25) is 4.90 Å². The summed E-state index contributed by atoms with van der Waals surface area (Å²) in [6.45, 7) is 10.1. The van der Waals surface area contributed by atoms with E-state index in [-0.39, 0.29) is 5.92 Å². The highest BCUT2D eigenvalue weighted by atomic mass is 16.6. The van der Waals surface area contributed by atoms with Crippen LogP contribution in [0.5, 0.6) is 0 Å². The summed E-state index contributed by atoms with van der Waals surface area (Å²) in [6, 6.07) is 23.2. The first-order chi connectivity index (χ1) is 14.4. The maximum atomic E-state index is 13.4. The molecule has 0 aliphatic carbocycles. The van der Waals surface area contributed by atoms with E-state index >= 15 is 0 Å². The van der Waals surface area contributed by atoms with Crippen molar-refractivity contribution in [3.05, 3.63) is 109 Å². The summed E-state index contributed by atoms with van der Waals surface area (Å²) in [4.78, 5) is 15.1. The van der Waals surface area contributed by atoms with Gasteiger partial charge in [0.25, 0.3) is 0 Å². The van der Waals surface area contributed by atoms with E-state index < -0.39 is 17.7 Å². The van der Waals surface area contributed by atoms with Crippen LogP contribution in [0.2, 0.25) is 0 Å². The summed E-state index contributed by atoms with van der Waals surface area (Å²) in [5, 5.41) is 0. The molecule has 1 aromatic heterocycles. The van der Waals surface area contributed by atoms with Crippen LogP contribution in [0.3, 0.4) is 0 Å². The summed E-state index contributed by atoms with van der Waals surface area (Å²) >= 11 is 0. The zero-order valence-electron chi connectivity index (χ0n) is 17.8. The molecule has 0 aliphatic rings.